The van der Waals surface area contributed by atoms with E-state index in [1.54, 1.807) is 0 Å². The molecule has 0 bridgehead atoms. The van der Waals surface area contributed by atoms with E-state index in [1.807, 2.05) is 37.4 Å². The fourth-order valence-electron chi connectivity index (χ4n) is 1.60. The minimum absolute atomic E-state index is 0.107. The van der Waals surface area contributed by atoms with Gasteiger partial charge >= 0.3 is 0 Å². The molecule has 2 N–H and O–H groups in total. The zero-order valence-corrected chi connectivity index (χ0v) is 10.9. The quantitative estimate of drug-likeness (QED) is 0.739. The fraction of sp³-hybridized carbons (Fsp3) is 0.909. The minimum atomic E-state index is -0.386. The van der Waals surface area contributed by atoms with Crippen molar-refractivity contribution < 1.29 is 4.79 Å². The average molecular weight is 230 g/mol. The molecule has 4 heteroatoms. The Balaban J connectivity index is 2.66. The van der Waals surface area contributed by atoms with Crippen molar-refractivity contribution in [3.8, 4) is 0 Å². The van der Waals surface area contributed by atoms with Crippen LogP contribution in [0.25, 0.3) is 0 Å². The molecule has 88 valence electrons. The molecule has 0 aromatic carbocycles. The normalized spacial score (nSPS) is 25.1. The topological polar surface area (TPSA) is 46.3 Å². The largest absolute Gasteiger partial charge is 0.337 e. The van der Waals surface area contributed by atoms with Gasteiger partial charge in [-0.05, 0) is 12.3 Å². The second-order valence-corrected chi connectivity index (χ2v) is 6.45. The summed E-state index contributed by atoms with van der Waals surface area (Å²) in [6, 6.07) is -0.0623. The summed E-state index contributed by atoms with van der Waals surface area (Å²) in [6.45, 7) is 8.98. The Morgan fingerprint density at radius 1 is 1.53 bits per heavy atom. The lowest BCUT2D eigenvalue weighted by Gasteiger charge is -2.37. The van der Waals surface area contributed by atoms with Crippen molar-refractivity contribution in [1.82, 2.24) is 4.90 Å². The minimum Gasteiger partial charge on any atom is -0.337 e. The first-order valence-electron chi connectivity index (χ1n) is 5.48. The van der Waals surface area contributed by atoms with Gasteiger partial charge in [0.25, 0.3) is 0 Å². The summed E-state index contributed by atoms with van der Waals surface area (Å²) in [7, 11) is 0. The van der Waals surface area contributed by atoms with Gasteiger partial charge in [0, 0.05) is 24.1 Å². The molecule has 0 aliphatic carbocycles. The molecule has 15 heavy (non-hydrogen) atoms. The third-order valence-electron chi connectivity index (χ3n) is 2.85. The van der Waals surface area contributed by atoms with Crippen LogP contribution in [0.3, 0.4) is 0 Å². The molecule has 1 aliphatic heterocycles. The Kier molecular flexibility index (Phi) is 4.06. The van der Waals surface area contributed by atoms with Gasteiger partial charge in [0.2, 0.25) is 5.91 Å². The molecule has 1 fully saturated rings. The number of amides is 1. The first-order chi connectivity index (χ1) is 6.84. The molecule has 0 aromatic rings. The summed E-state index contributed by atoms with van der Waals surface area (Å²) in [5, 5.41) is 0. The van der Waals surface area contributed by atoms with Crippen molar-refractivity contribution >= 4 is 17.7 Å². The van der Waals surface area contributed by atoms with Crippen molar-refractivity contribution in [1.29, 1.82) is 0 Å². The molecule has 1 heterocycles. The zero-order valence-electron chi connectivity index (χ0n) is 10.1. The molecule has 0 saturated carbocycles. The van der Waals surface area contributed by atoms with E-state index in [2.05, 4.69) is 6.92 Å². The van der Waals surface area contributed by atoms with Crippen LogP contribution in [0.1, 0.15) is 27.7 Å². The van der Waals surface area contributed by atoms with E-state index in [0.717, 1.165) is 18.1 Å². The van der Waals surface area contributed by atoms with Gasteiger partial charge in [-0.25, -0.2) is 0 Å². The predicted molar refractivity (Wildman–Crippen MR) is 65.9 cm³/mol. The van der Waals surface area contributed by atoms with Crippen molar-refractivity contribution in [2.75, 3.05) is 18.1 Å². The van der Waals surface area contributed by atoms with Crippen LogP contribution < -0.4 is 5.73 Å². The molecule has 0 spiro atoms. The maximum atomic E-state index is 12.1. The standard InChI is InChI=1S/C11H22N2OS/c1-8-7-15-6-5-13(8)10(14)9(12)11(2,3)4/h8-9H,5-7,12H2,1-4H3/t8?,9-/m0/s1. The lowest BCUT2D eigenvalue weighted by Crippen LogP contribution is -2.55. The van der Waals surface area contributed by atoms with Gasteiger partial charge in [0.05, 0.1) is 6.04 Å². The highest BCUT2D eigenvalue weighted by Gasteiger charge is 2.33. The summed E-state index contributed by atoms with van der Waals surface area (Å²) in [5.74, 6) is 2.17. The van der Waals surface area contributed by atoms with Crippen LogP contribution in [-0.2, 0) is 4.79 Å². The van der Waals surface area contributed by atoms with Gasteiger partial charge in [0.15, 0.2) is 0 Å². The second-order valence-electron chi connectivity index (χ2n) is 5.30. The van der Waals surface area contributed by atoms with E-state index < -0.39 is 0 Å². The fourth-order valence-corrected chi connectivity index (χ4v) is 2.62. The van der Waals surface area contributed by atoms with Crippen molar-refractivity contribution in [2.45, 2.75) is 39.8 Å². The molecule has 2 atom stereocenters. The molecule has 3 nitrogen and oxygen atoms in total. The van der Waals surface area contributed by atoms with Crippen LogP contribution in [0.5, 0.6) is 0 Å². The Hall–Kier alpha value is -0.220. The molecule has 0 radical (unpaired) electrons. The van der Waals surface area contributed by atoms with Gasteiger partial charge in [-0.15, -0.1) is 0 Å². The molecular weight excluding hydrogens is 208 g/mol. The van der Waals surface area contributed by atoms with E-state index in [9.17, 15) is 4.79 Å². The van der Waals surface area contributed by atoms with E-state index in [-0.39, 0.29) is 17.4 Å². The van der Waals surface area contributed by atoms with Crippen LogP contribution in [0.15, 0.2) is 0 Å². The lowest BCUT2D eigenvalue weighted by atomic mass is 9.86. The Morgan fingerprint density at radius 3 is 2.60 bits per heavy atom. The third kappa shape index (κ3) is 3.11. The first-order valence-corrected chi connectivity index (χ1v) is 6.63. The Bertz CT molecular complexity index is 237. The Morgan fingerprint density at radius 2 is 2.13 bits per heavy atom. The molecule has 1 unspecified atom stereocenters. The van der Waals surface area contributed by atoms with Crippen molar-refractivity contribution in [2.24, 2.45) is 11.1 Å². The van der Waals surface area contributed by atoms with Gasteiger partial charge in [-0.3, -0.25) is 4.79 Å². The average Bonchev–Trinajstić information content (AvgIpc) is 2.15. The maximum Gasteiger partial charge on any atom is 0.240 e. The van der Waals surface area contributed by atoms with E-state index in [1.165, 1.54) is 0 Å². The van der Waals surface area contributed by atoms with Crippen LogP contribution in [0.2, 0.25) is 0 Å². The molecule has 1 amide bonds. The summed E-state index contributed by atoms with van der Waals surface area (Å²) in [5.41, 5.74) is 5.84. The number of rotatable bonds is 1. The van der Waals surface area contributed by atoms with Crippen LogP contribution in [-0.4, -0.2) is 40.9 Å². The summed E-state index contributed by atoms with van der Waals surface area (Å²) in [4.78, 5) is 14.1. The predicted octanol–water partition coefficient (Wildman–Crippen LogP) is 1.32. The monoisotopic (exact) mass is 230 g/mol. The molecule has 1 rings (SSSR count). The van der Waals surface area contributed by atoms with E-state index >= 15 is 0 Å². The van der Waals surface area contributed by atoms with Gasteiger partial charge in [0.1, 0.15) is 0 Å². The summed E-state index contributed by atoms with van der Waals surface area (Å²) in [6.07, 6.45) is 0. The first kappa shape index (κ1) is 12.8. The third-order valence-corrected chi connectivity index (χ3v) is 4.04. The smallest absolute Gasteiger partial charge is 0.240 e. The van der Waals surface area contributed by atoms with Gasteiger partial charge < -0.3 is 10.6 Å². The highest BCUT2D eigenvalue weighted by atomic mass is 32.2. The van der Waals surface area contributed by atoms with Crippen LogP contribution in [0, 0.1) is 5.41 Å². The molecular formula is C11H22N2OS. The lowest BCUT2D eigenvalue weighted by molar-refractivity contribution is -0.136. The second kappa shape index (κ2) is 4.74. The summed E-state index contributed by atoms with van der Waals surface area (Å²) >= 11 is 1.91. The number of hydrogen-bond donors (Lipinski definition) is 1. The molecule has 1 aliphatic rings. The number of nitrogens with two attached hydrogens (primary N) is 1. The highest BCUT2D eigenvalue weighted by molar-refractivity contribution is 7.99. The number of carbonyl (C=O) groups is 1. The van der Waals surface area contributed by atoms with Crippen molar-refractivity contribution in [3.63, 3.8) is 0 Å². The number of nitrogens with zero attached hydrogens (tertiary/aromatic N) is 1. The Labute approximate surface area is 96.8 Å². The SMILES string of the molecule is CC1CSCCN1C(=O)[C@H](N)C(C)(C)C. The zero-order chi connectivity index (χ0) is 11.6. The number of thioether (sulfide) groups is 1. The van der Waals surface area contributed by atoms with Crippen LogP contribution >= 0.6 is 11.8 Å². The van der Waals surface area contributed by atoms with Gasteiger partial charge in [-0.1, -0.05) is 20.8 Å². The molecule has 0 aromatic heterocycles. The highest BCUT2D eigenvalue weighted by Crippen LogP contribution is 2.22. The number of hydrogen-bond acceptors (Lipinski definition) is 3. The van der Waals surface area contributed by atoms with E-state index in [4.69, 9.17) is 5.73 Å². The van der Waals surface area contributed by atoms with Crippen LogP contribution in [0.4, 0.5) is 0 Å². The van der Waals surface area contributed by atoms with Gasteiger partial charge in [-0.2, -0.15) is 11.8 Å². The van der Waals surface area contributed by atoms with E-state index in [0.29, 0.717) is 6.04 Å². The van der Waals surface area contributed by atoms with Crippen molar-refractivity contribution in [3.05, 3.63) is 0 Å². The number of carbonyl (C=O) groups excluding carboxylic acids is 1. The molecule has 1 saturated heterocycles. The summed E-state index contributed by atoms with van der Waals surface area (Å²) < 4.78 is 0. The maximum absolute atomic E-state index is 12.1.